The van der Waals surface area contributed by atoms with Gasteiger partial charge in [-0.05, 0) is 36.8 Å². The van der Waals surface area contributed by atoms with E-state index in [1.54, 1.807) is 99.6 Å². The minimum Gasteiger partial charge on any atom is -0.460 e. The van der Waals surface area contributed by atoms with Crippen molar-refractivity contribution in [3.8, 4) is 0 Å². The molecule has 4 N–H and O–H groups in total. The number of nitrogens with one attached hydrogen (secondary N) is 1. The van der Waals surface area contributed by atoms with Gasteiger partial charge in [-0.3, -0.25) is 19.2 Å². The van der Waals surface area contributed by atoms with Crippen molar-refractivity contribution in [2.45, 2.75) is 95.2 Å². The number of esters is 3. The molecule has 3 aliphatic carbocycles. The summed E-state index contributed by atoms with van der Waals surface area (Å²) < 4.78 is 24.2. The highest BCUT2D eigenvalue weighted by Gasteiger charge is 2.79. The van der Waals surface area contributed by atoms with Crippen LogP contribution >= 0.6 is 0 Å². The van der Waals surface area contributed by atoms with Crippen molar-refractivity contribution in [1.82, 2.24) is 5.32 Å². The van der Waals surface area contributed by atoms with Crippen LogP contribution in [0.2, 0.25) is 0 Å². The SMILES string of the molecule is CC(=O)O[C@@]12CO[C@@H]1C[C@H](O)[C@@]1(C)C(=O)C(=O)C3C(C)[C@@H](OC(=O)[C@H](O)[C@@H](NC(=O)c4ccccc4)c4ccccc4)C[C@@](O)([C@@H](OC(=O)c4ccccc4)[C@H]21)C3(C)C. The lowest BCUT2D eigenvalue weighted by Gasteiger charge is -2.67. The van der Waals surface area contributed by atoms with Gasteiger partial charge < -0.3 is 39.6 Å². The minimum atomic E-state index is -2.35. The molecule has 59 heavy (non-hydrogen) atoms. The van der Waals surface area contributed by atoms with Gasteiger partial charge in [0.25, 0.3) is 5.91 Å². The first-order valence-electron chi connectivity index (χ1n) is 19.7. The van der Waals surface area contributed by atoms with Crippen molar-refractivity contribution in [1.29, 1.82) is 0 Å². The third-order valence-electron chi connectivity index (χ3n) is 13.5. The van der Waals surface area contributed by atoms with Crippen LogP contribution in [0.25, 0.3) is 0 Å². The molecular weight excluding hydrogens is 762 g/mol. The zero-order valence-electron chi connectivity index (χ0n) is 33.4. The summed E-state index contributed by atoms with van der Waals surface area (Å²) in [6.45, 7) is 6.88. The molecule has 0 aromatic heterocycles. The summed E-state index contributed by atoms with van der Waals surface area (Å²) in [7, 11) is 0. The first-order valence-corrected chi connectivity index (χ1v) is 19.7. The maximum atomic E-state index is 14.9. The number of fused-ring (bicyclic) bond motifs is 5. The van der Waals surface area contributed by atoms with Crippen LogP contribution < -0.4 is 5.32 Å². The van der Waals surface area contributed by atoms with E-state index in [-0.39, 0.29) is 24.2 Å². The molecule has 3 aromatic carbocycles. The summed E-state index contributed by atoms with van der Waals surface area (Å²) in [4.78, 5) is 84.2. The first-order chi connectivity index (χ1) is 27.9. The maximum Gasteiger partial charge on any atom is 0.338 e. The number of rotatable bonds is 9. The Bertz CT molecular complexity index is 2130. The Morgan fingerprint density at radius 3 is 2.00 bits per heavy atom. The van der Waals surface area contributed by atoms with E-state index in [9.17, 15) is 44.1 Å². The summed E-state index contributed by atoms with van der Waals surface area (Å²) in [5, 5.41) is 39.7. The number of benzene rings is 3. The molecule has 1 amide bonds. The second-order valence-electron chi connectivity index (χ2n) is 17.1. The van der Waals surface area contributed by atoms with Crippen LogP contribution in [0.1, 0.15) is 79.8 Å². The lowest BCUT2D eigenvalue weighted by atomic mass is 9.42. The van der Waals surface area contributed by atoms with E-state index in [0.717, 1.165) is 6.92 Å². The number of carbonyl (C=O) groups is 6. The highest BCUT2D eigenvalue weighted by Crippen LogP contribution is 2.64. The van der Waals surface area contributed by atoms with Crippen molar-refractivity contribution >= 4 is 35.4 Å². The summed E-state index contributed by atoms with van der Waals surface area (Å²) in [5.41, 5.74) is -7.06. The van der Waals surface area contributed by atoms with Crippen LogP contribution in [0.4, 0.5) is 0 Å². The number of hydrogen-bond donors (Lipinski definition) is 4. The molecule has 4 aliphatic rings. The Kier molecular flexibility index (Phi) is 10.9. The van der Waals surface area contributed by atoms with Crippen LogP contribution in [0.3, 0.4) is 0 Å². The molecule has 3 saturated carbocycles. The van der Waals surface area contributed by atoms with E-state index in [2.05, 4.69) is 5.32 Å². The van der Waals surface area contributed by atoms with Gasteiger partial charge in [0, 0.05) is 42.6 Å². The van der Waals surface area contributed by atoms with Crippen molar-refractivity contribution in [3.63, 3.8) is 0 Å². The van der Waals surface area contributed by atoms with Gasteiger partial charge in [-0.1, -0.05) is 87.5 Å². The van der Waals surface area contributed by atoms with Crippen molar-refractivity contribution in [2.75, 3.05) is 6.61 Å². The van der Waals surface area contributed by atoms with E-state index in [1.165, 1.54) is 19.1 Å². The average molecular weight is 812 g/mol. The monoisotopic (exact) mass is 811 g/mol. The van der Waals surface area contributed by atoms with E-state index < -0.39 is 118 Å². The standard InChI is InChI=1S/C45H49NO13/c1-24-29(57-41(54)35(50)33(26-15-9-6-10-16-26)46-39(52)27-17-11-7-12-18-27)22-45(55)38(58-40(53)28-19-13-8-14-20-28)36-43(5,37(51)34(49)32(24)42(45,3)4)30(48)21-31-44(36,23-56-31)59-25(2)47/h6-20,24,29-33,35-36,38,48,50,55H,21-23H2,1-5H3,(H,46,52)/t24?,29-,30-,31+,32?,33-,35+,36-,38-,43+,44-,45+/m0/s1. The zero-order valence-corrected chi connectivity index (χ0v) is 33.4. The highest BCUT2D eigenvalue weighted by atomic mass is 16.6. The molecule has 14 heteroatoms. The Labute approximate surface area is 341 Å². The fraction of sp³-hybridized carbons (Fsp3) is 0.467. The van der Waals surface area contributed by atoms with Crippen molar-refractivity contribution in [2.24, 2.45) is 28.6 Å². The fourth-order valence-corrected chi connectivity index (χ4v) is 10.2. The van der Waals surface area contributed by atoms with Crippen molar-refractivity contribution < 1.29 is 63.0 Å². The van der Waals surface area contributed by atoms with E-state index >= 15 is 0 Å². The fourth-order valence-electron chi connectivity index (χ4n) is 10.2. The first kappa shape index (κ1) is 41.9. The Balaban J connectivity index is 1.32. The third-order valence-corrected chi connectivity index (χ3v) is 13.5. The largest absolute Gasteiger partial charge is 0.460 e. The predicted octanol–water partition coefficient (Wildman–Crippen LogP) is 3.31. The van der Waals surface area contributed by atoms with Gasteiger partial charge in [0.05, 0.1) is 35.6 Å². The lowest BCUT2D eigenvalue weighted by molar-refractivity contribution is -0.350. The molecule has 12 atom stereocenters. The smallest absolute Gasteiger partial charge is 0.338 e. The molecule has 0 spiro atoms. The second-order valence-corrected chi connectivity index (χ2v) is 17.1. The third kappa shape index (κ3) is 6.75. The van der Waals surface area contributed by atoms with Gasteiger partial charge in [0.15, 0.2) is 11.7 Å². The van der Waals surface area contributed by atoms with Gasteiger partial charge in [-0.15, -0.1) is 0 Å². The molecule has 14 nitrogen and oxygen atoms in total. The van der Waals surface area contributed by atoms with Crippen LogP contribution in [-0.4, -0.2) is 99.0 Å². The van der Waals surface area contributed by atoms with Crippen molar-refractivity contribution in [3.05, 3.63) is 108 Å². The van der Waals surface area contributed by atoms with Gasteiger partial charge in [-0.25, -0.2) is 9.59 Å². The summed E-state index contributed by atoms with van der Waals surface area (Å²) in [6.07, 6.45) is -8.48. The topological polar surface area (TPSA) is 212 Å². The molecule has 1 saturated heterocycles. The molecule has 312 valence electrons. The number of Topliss-reactive ketones (excluding diaryl/α,β-unsaturated/α-hetero) is 2. The molecule has 4 fully saturated rings. The Morgan fingerprint density at radius 1 is 0.864 bits per heavy atom. The number of aliphatic hydroxyl groups excluding tert-OH is 2. The van der Waals surface area contributed by atoms with Crippen LogP contribution in [0.15, 0.2) is 91.0 Å². The molecular formula is C45H49NO13. The van der Waals surface area contributed by atoms with Crippen LogP contribution in [-0.2, 0) is 38.1 Å². The van der Waals surface area contributed by atoms with Gasteiger partial charge in [-0.2, -0.15) is 0 Å². The number of hydrogen-bond acceptors (Lipinski definition) is 13. The highest BCUT2D eigenvalue weighted by molar-refractivity contribution is 6.40. The van der Waals surface area contributed by atoms with E-state index in [4.69, 9.17) is 18.9 Å². The molecule has 2 unspecified atom stereocenters. The van der Waals surface area contributed by atoms with Gasteiger partial charge >= 0.3 is 17.9 Å². The summed E-state index contributed by atoms with van der Waals surface area (Å²) in [5.74, 6) is -9.44. The molecule has 2 bridgehead atoms. The molecule has 7 rings (SSSR count). The second kappa shape index (κ2) is 15.4. The van der Waals surface area contributed by atoms with Gasteiger partial charge in [0.2, 0.25) is 11.6 Å². The Hall–Kier alpha value is -5.28. The number of ether oxygens (including phenoxy) is 4. The number of ketones is 2. The average Bonchev–Trinajstić information content (AvgIpc) is 3.21. The summed E-state index contributed by atoms with van der Waals surface area (Å²) >= 11 is 0. The maximum absolute atomic E-state index is 14.9. The molecule has 3 aromatic rings. The van der Waals surface area contributed by atoms with E-state index in [1.807, 2.05) is 0 Å². The van der Waals surface area contributed by atoms with Crippen LogP contribution in [0.5, 0.6) is 0 Å². The minimum absolute atomic E-state index is 0.0794. The number of carbonyl (C=O) groups excluding carboxylic acids is 6. The number of aliphatic hydroxyl groups is 3. The molecule has 1 aliphatic heterocycles. The van der Waals surface area contributed by atoms with E-state index in [0.29, 0.717) is 5.56 Å². The predicted molar refractivity (Wildman–Crippen MR) is 207 cm³/mol. The summed E-state index contributed by atoms with van der Waals surface area (Å²) in [6, 6.07) is 23.0. The van der Waals surface area contributed by atoms with Crippen LogP contribution in [0, 0.1) is 28.6 Å². The normalized spacial score (nSPS) is 34.2. The number of amides is 1. The molecule has 0 radical (unpaired) electrons. The van der Waals surface area contributed by atoms with Gasteiger partial charge in [0.1, 0.15) is 23.9 Å². The molecule has 1 heterocycles. The Morgan fingerprint density at radius 2 is 1.44 bits per heavy atom. The zero-order chi connectivity index (χ0) is 42.7. The quantitative estimate of drug-likeness (QED) is 0.139. The lowest BCUT2D eigenvalue weighted by Crippen LogP contribution is -2.82.